The number of halogens is 1. The number of fused-ring (bicyclic) bond motifs is 1. The Balaban J connectivity index is 1.69. The van der Waals surface area contributed by atoms with Gasteiger partial charge in [-0.15, -0.1) is 0 Å². The van der Waals surface area contributed by atoms with Crippen molar-refractivity contribution in [3.05, 3.63) is 53.0 Å². The van der Waals surface area contributed by atoms with E-state index in [0.717, 1.165) is 37.3 Å². The standard InChI is InChI=1S/C25H29FN2O6/c1-14-20(32-2)9-15(10-21(14)33-3)24(29)22(34-18-6-4-5-7-18)13-28-12-16-8-17(26)11-19(25(30)31)23(16)27-28/h8-12,18,22,24,29H,4-7,13H2,1-3H3,(H,30,31)/t22-,24+/m0/s1. The van der Waals surface area contributed by atoms with Gasteiger partial charge in [-0.1, -0.05) is 12.8 Å². The minimum absolute atomic E-state index is 0.00546. The van der Waals surface area contributed by atoms with Crippen LogP contribution in [0.5, 0.6) is 11.5 Å². The number of ether oxygens (including phenoxy) is 3. The molecular weight excluding hydrogens is 443 g/mol. The predicted molar refractivity (Wildman–Crippen MR) is 123 cm³/mol. The number of carbonyl (C=O) groups is 1. The molecule has 0 aliphatic heterocycles. The van der Waals surface area contributed by atoms with Gasteiger partial charge >= 0.3 is 5.97 Å². The highest BCUT2D eigenvalue weighted by molar-refractivity contribution is 6.01. The zero-order chi connectivity index (χ0) is 24.4. The Bertz CT molecular complexity index is 1160. The summed E-state index contributed by atoms with van der Waals surface area (Å²) in [6.07, 6.45) is 3.78. The van der Waals surface area contributed by atoms with E-state index in [9.17, 15) is 19.4 Å². The molecule has 1 aliphatic carbocycles. The lowest BCUT2D eigenvalue weighted by molar-refractivity contribution is -0.0845. The number of aliphatic hydroxyl groups excluding tert-OH is 1. The highest BCUT2D eigenvalue weighted by atomic mass is 19.1. The first-order valence-corrected chi connectivity index (χ1v) is 11.3. The van der Waals surface area contributed by atoms with Gasteiger partial charge in [0.1, 0.15) is 35.0 Å². The fraction of sp³-hybridized carbons (Fsp3) is 0.440. The van der Waals surface area contributed by atoms with E-state index in [1.54, 1.807) is 32.5 Å². The summed E-state index contributed by atoms with van der Waals surface area (Å²) < 4.78 is 32.7. The lowest BCUT2D eigenvalue weighted by Gasteiger charge is -2.27. The number of carboxylic acids is 1. The molecule has 182 valence electrons. The number of hydrogen-bond acceptors (Lipinski definition) is 6. The number of carboxylic acid groups (broad SMARTS) is 1. The van der Waals surface area contributed by atoms with Crippen LogP contribution in [-0.4, -0.2) is 52.4 Å². The molecule has 1 saturated carbocycles. The number of aromatic nitrogens is 2. The van der Waals surface area contributed by atoms with Crippen molar-refractivity contribution in [3.8, 4) is 11.5 Å². The van der Waals surface area contributed by atoms with Crippen LogP contribution in [0.1, 0.15) is 53.3 Å². The molecule has 8 nitrogen and oxygen atoms in total. The van der Waals surface area contributed by atoms with Crippen molar-refractivity contribution >= 4 is 16.9 Å². The quantitative estimate of drug-likeness (QED) is 0.480. The minimum atomic E-state index is -1.26. The summed E-state index contributed by atoms with van der Waals surface area (Å²) in [5, 5.41) is 25.5. The van der Waals surface area contributed by atoms with Crippen molar-refractivity contribution in [1.29, 1.82) is 0 Å². The van der Waals surface area contributed by atoms with Gasteiger partial charge < -0.3 is 24.4 Å². The smallest absolute Gasteiger partial charge is 0.338 e. The number of aromatic carboxylic acids is 1. The van der Waals surface area contributed by atoms with Crippen LogP contribution >= 0.6 is 0 Å². The maximum absolute atomic E-state index is 13.9. The second-order valence-electron chi connectivity index (χ2n) is 8.62. The zero-order valence-corrected chi connectivity index (χ0v) is 19.5. The van der Waals surface area contributed by atoms with E-state index in [2.05, 4.69) is 5.10 Å². The van der Waals surface area contributed by atoms with Gasteiger partial charge in [0, 0.05) is 17.1 Å². The summed E-state index contributed by atoms with van der Waals surface area (Å²) >= 11 is 0. The van der Waals surface area contributed by atoms with Gasteiger partial charge in [0.25, 0.3) is 0 Å². The number of nitrogens with zero attached hydrogens (tertiary/aromatic N) is 2. The molecule has 3 aromatic rings. The molecule has 1 aromatic heterocycles. The first-order chi connectivity index (χ1) is 16.3. The second kappa shape index (κ2) is 9.99. The molecule has 1 fully saturated rings. The van der Waals surface area contributed by atoms with Crippen molar-refractivity contribution in [1.82, 2.24) is 9.78 Å². The number of hydrogen-bond donors (Lipinski definition) is 2. The number of benzene rings is 2. The molecule has 1 aliphatic rings. The normalized spacial score (nSPS) is 16.0. The van der Waals surface area contributed by atoms with Crippen molar-refractivity contribution in [2.45, 2.75) is 57.5 Å². The van der Waals surface area contributed by atoms with E-state index < -0.39 is 24.0 Å². The van der Waals surface area contributed by atoms with Gasteiger partial charge in [-0.3, -0.25) is 4.68 Å². The third-order valence-corrected chi connectivity index (χ3v) is 6.36. The minimum Gasteiger partial charge on any atom is -0.496 e. The van der Waals surface area contributed by atoms with Crippen molar-refractivity contribution in [3.63, 3.8) is 0 Å². The van der Waals surface area contributed by atoms with Crippen LogP contribution < -0.4 is 9.47 Å². The van der Waals surface area contributed by atoms with Crippen LogP contribution in [0, 0.1) is 12.7 Å². The summed E-state index contributed by atoms with van der Waals surface area (Å²) in [5.41, 5.74) is 1.35. The Morgan fingerprint density at radius 3 is 2.41 bits per heavy atom. The second-order valence-corrected chi connectivity index (χ2v) is 8.62. The van der Waals surface area contributed by atoms with Gasteiger partial charge in [0.15, 0.2) is 0 Å². The maximum atomic E-state index is 13.9. The van der Waals surface area contributed by atoms with Crippen LogP contribution in [0.25, 0.3) is 10.9 Å². The molecule has 2 N–H and O–H groups in total. The summed E-state index contributed by atoms with van der Waals surface area (Å²) in [4.78, 5) is 11.6. The molecule has 34 heavy (non-hydrogen) atoms. The lowest BCUT2D eigenvalue weighted by atomic mass is 10.0. The largest absolute Gasteiger partial charge is 0.496 e. The van der Waals surface area contributed by atoms with Gasteiger partial charge in [0.2, 0.25) is 0 Å². The van der Waals surface area contributed by atoms with Crippen LogP contribution in [0.3, 0.4) is 0 Å². The number of methoxy groups -OCH3 is 2. The number of aliphatic hydroxyl groups is 1. The summed E-state index contributed by atoms with van der Waals surface area (Å²) in [5.74, 6) is -0.742. The highest BCUT2D eigenvalue weighted by Crippen LogP contribution is 2.35. The average Bonchev–Trinajstić information content (AvgIpc) is 3.47. The molecule has 0 unspecified atom stereocenters. The first-order valence-electron chi connectivity index (χ1n) is 11.3. The van der Waals surface area contributed by atoms with Crippen LogP contribution in [0.2, 0.25) is 0 Å². The fourth-order valence-electron chi connectivity index (χ4n) is 4.57. The van der Waals surface area contributed by atoms with Crippen LogP contribution in [-0.2, 0) is 11.3 Å². The molecule has 0 amide bonds. The van der Waals surface area contributed by atoms with Crippen molar-refractivity contribution in [2.24, 2.45) is 0 Å². The average molecular weight is 473 g/mol. The Hall–Kier alpha value is -3.17. The van der Waals surface area contributed by atoms with E-state index in [1.807, 2.05) is 6.92 Å². The van der Waals surface area contributed by atoms with Gasteiger partial charge in [0.05, 0.1) is 32.4 Å². The Morgan fingerprint density at radius 2 is 1.82 bits per heavy atom. The Labute approximate surface area is 196 Å². The van der Waals surface area contributed by atoms with Crippen molar-refractivity contribution < 1.29 is 33.6 Å². The van der Waals surface area contributed by atoms with Gasteiger partial charge in [-0.05, 0) is 49.6 Å². The first kappa shape index (κ1) is 24.0. The van der Waals surface area contributed by atoms with Crippen LogP contribution in [0.15, 0.2) is 30.5 Å². The lowest BCUT2D eigenvalue weighted by Crippen LogP contribution is -2.31. The van der Waals surface area contributed by atoms with E-state index in [0.29, 0.717) is 22.4 Å². The Kier molecular flexibility index (Phi) is 7.04. The van der Waals surface area contributed by atoms with E-state index >= 15 is 0 Å². The maximum Gasteiger partial charge on any atom is 0.338 e. The summed E-state index contributed by atoms with van der Waals surface area (Å²) in [6, 6.07) is 5.70. The summed E-state index contributed by atoms with van der Waals surface area (Å²) in [7, 11) is 3.11. The summed E-state index contributed by atoms with van der Waals surface area (Å²) in [6.45, 7) is 2.01. The Morgan fingerprint density at radius 1 is 1.18 bits per heavy atom. The van der Waals surface area contributed by atoms with Gasteiger partial charge in [-0.2, -0.15) is 5.10 Å². The van der Waals surface area contributed by atoms with Crippen LogP contribution in [0.4, 0.5) is 4.39 Å². The zero-order valence-electron chi connectivity index (χ0n) is 19.5. The molecule has 9 heteroatoms. The van der Waals surface area contributed by atoms with E-state index in [1.165, 1.54) is 10.7 Å². The molecule has 1 heterocycles. The fourth-order valence-corrected chi connectivity index (χ4v) is 4.57. The van der Waals surface area contributed by atoms with Crippen molar-refractivity contribution in [2.75, 3.05) is 14.2 Å². The molecule has 0 bridgehead atoms. The molecule has 0 spiro atoms. The molecule has 2 atom stereocenters. The third-order valence-electron chi connectivity index (χ3n) is 6.36. The third kappa shape index (κ3) is 4.85. The van der Waals surface area contributed by atoms with Gasteiger partial charge in [-0.25, -0.2) is 9.18 Å². The SMILES string of the molecule is COc1cc([C@@H](O)[C@H](Cn2cc3cc(F)cc(C(=O)O)c3n2)OC2CCCC2)cc(OC)c1C. The molecular formula is C25H29FN2O6. The van der Waals surface area contributed by atoms with E-state index in [4.69, 9.17) is 14.2 Å². The molecule has 0 radical (unpaired) electrons. The molecule has 4 rings (SSSR count). The molecule has 0 saturated heterocycles. The topological polar surface area (TPSA) is 103 Å². The monoisotopic (exact) mass is 472 g/mol. The number of rotatable bonds is 9. The molecule has 2 aromatic carbocycles. The van der Waals surface area contributed by atoms with E-state index in [-0.39, 0.29) is 23.7 Å². The predicted octanol–water partition coefficient (Wildman–Crippen LogP) is 4.26. The highest BCUT2D eigenvalue weighted by Gasteiger charge is 2.29.